The van der Waals surface area contributed by atoms with Crippen molar-refractivity contribution in [3.05, 3.63) is 77.1 Å². The van der Waals surface area contributed by atoms with E-state index in [9.17, 15) is 4.79 Å². The van der Waals surface area contributed by atoms with Gasteiger partial charge in [0.25, 0.3) is 0 Å². The number of amides is 1. The first-order valence-electron chi connectivity index (χ1n) is 8.15. The van der Waals surface area contributed by atoms with Crippen LogP contribution < -0.4 is 4.90 Å². The van der Waals surface area contributed by atoms with E-state index in [1.807, 2.05) is 59.3 Å². The van der Waals surface area contributed by atoms with Crippen LogP contribution in [0.4, 0.5) is 5.95 Å². The van der Waals surface area contributed by atoms with Gasteiger partial charge in [0, 0.05) is 11.9 Å². The minimum Gasteiger partial charge on any atom is -0.275 e. The van der Waals surface area contributed by atoms with Gasteiger partial charge in [-0.1, -0.05) is 54.1 Å². The van der Waals surface area contributed by atoms with Crippen molar-refractivity contribution >= 4 is 23.5 Å². The van der Waals surface area contributed by atoms with Crippen molar-refractivity contribution in [2.24, 2.45) is 0 Å². The second-order valence-corrected chi connectivity index (χ2v) is 6.56. The number of nitrogens with zero attached hydrogens (tertiary/aromatic N) is 4. The van der Waals surface area contributed by atoms with Crippen LogP contribution in [0, 0.1) is 0 Å². The predicted octanol–water partition coefficient (Wildman–Crippen LogP) is 4.02. The lowest BCUT2D eigenvalue weighted by Crippen LogP contribution is -2.41. The Morgan fingerprint density at radius 1 is 1.04 bits per heavy atom. The number of aromatic nitrogens is 3. The van der Waals surface area contributed by atoms with E-state index in [-0.39, 0.29) is 18.0 Å². The summed E-state index contributed by atoms with van der Waals surface area (Å²) in [5.41, 5.74) is 2.19. The molecule has 1 amide bonds. The van der Waals surface area contributed by atoms with E-state index in [1.54, 1.807) is 11.8 Å². The van der Waals surface area contributed by atoms with Gasteiger partial charge in [-0.2, -0.15) is 10.1 Å². The molecule has 2 atom stereocenters. The van der Waals surface area contributed by atoms with Crippen LogP contribution in [0.25, 0.3) is 0 Å². The van der Waals surface area contributed by atoms with Gasteiger partial charge in [0.15, 0.2) is 0 Å². The van der Waals surface area contributed by atoms with Crippen LogP contribution >= 0.6 is 11.6 Å². The molecule has 3 aromatic rings. The minimum atomic E-state index is -0.0870. The molecule has 0 aliphatic carbocycles. The number of rotatable bonds is 2. The molecule has 0 saturated carbocycles. The first-order chi connectivity index (χ1) is 12.1. The average molecular weight is 353 g/mol. The number of carbonyl (C=O) groups is 1. The Hall–Kier alpha value is -2.66. The van der Waals surface area contributed by atoms with Gasteiger partial charge in [0.2, 0.25) is 11.9 Å². The third-order valence-corrected chi connectivity index (χ3v) is 4.85. The maximum atomic E-state index is 12.4. The molecule has 6 heteroatoms. The zero-order chi connectivity index (χ0) is 17.4. The van der Waals surface area contributed by atoms with Crippen LogP contribution in [0.1, 0.15) is 36.6 Å². The number of halogens is 1. The standard InChI is InChI=1S/C19H17ClN4O/c1-13(25)23-17(14-5-3-2-4-6-14)11-18(24-19(23)21-12-22-24)15-7-9-16(20)10-8-15/h2-10,12,17-18H,11H2,1H3. The highest BCUT2D eigenvalue weighted by atomic mass is 35.5. The number of hydrogen-bond acceptors (Lipinski definition) is 3. The number of hydrogen-bond donors (Lipinski definition) is 0. The Labute approximate surface area is 150 Å². The molecule has 0 spiro atoms. The van der Waals surface area contributed by atoms with Crippen molar-refractivity contribution in [2.45, 2.75) is 25.4 Å². The molecular weight excluding hydrogens is 336 g/mol. The summed E-state index contributed by atoms with van der Waals surface area (Å²) < 4.78 is 1.82. The molecule has 0 bridgehead atoms. The van der Waals surface area contributed by atoms with E-state index in [0.29, 0.717) is 11.0 Å². The monoisotopic (exact) mass is 352 g/mol. The number of carbonyl (C=O) groups excluding carboxylic acids is 1. The molecule has 1 aliphatic heterocycles. The van der Waals surface area contributed by atoms with Gasteiger partial charge in [-0.3, -0.25) is 9.69 Å². The van der Waals surface area contributed by atoms with Crippen molar-refractivity contribution in [1.29, 1.82) is 0 Å². The Morgan fingerprint density at radius 2 is 1.72 bits per heavy atom. The molecule has 0 N–H and O–H groups in total. The Kier molecular flexibility index (Phi) is 4.01. The van der Waals surface area contributed by atoms with E-state index < -0.39 is 0 Å². The molecule has 126 valence electrons. The zero-order valence-corrected chi connectivity index (χ0v) is 14.5. The van der Waals surface area contributed by atoms with Gasteiger partial charge < -0.3 is 0 Å². The van der Waals surface area contributed by atoms with E-state index in [2.05, 4.69) is 10.1 Å². The third-order valence-electron chi connectivity index (χ3n) is 4.60. The summed E-state index contributed by atoms with van der Waals surface area (Å²) in [5.74, 6) is 0.533. The SMILES string of the molecule is CC(=O)N1c2ncnn2C(c2ccc(Cl)cc2)CC1c1ccccc1. The number of fused-ring (bicyclic) bond motifs is 1. The summed E-state index contributed by atoms with van der Waals surface area (Å²) in [7, 11) is 0. The molecule has 0 radical (unpaired) electrons. The molecule has 0 saturated heterocycles. The van der Waals surface area contributed by atoms with Crippen molar-refractivity contribution in [3.8, 4) is 0 Å². The molecule has 2 unspecified atom stereocenters. The van der Waals surface area contributed by atoms with Gasteiger partial charge in [0.1, 0.15) is 6.33 Å². The summed E-state index contributed by atoms with van der Waals surface area (Å²) in [4.78, 5) is 18.4. The van der Waals surface area contributed by atoms with Crippen LogP contribution in [0.2, 0.25) is 5.02 Å². The quantitative estimate of drug-likeness (QED) is 0.700. The fourth-order valence-electron chi connectivity index (χ4n) is 3.48. The second-order valence-electron chi connectivity index (χ2n) is 6.12. The zero-order valence-electron chi connectivity index (χ0n) is 13.7. The van der Waals surface area contributed by atoms with Gasteiger partial charge in [-0.05, 0) is 29.7 Å². The maximum Gasteiger partial charge on any atom is 0.231 e. The molecular formula is C19H17ClN4O. The van der Waals surface area contributed by atoms with Crippen LogP contribution in [0.5, 0.6) is 0 Å². The Morgan fingerprint density at radius 3 is 2.40 bits per heavy atom. The van der Waals surface area contributed by atoms with Crippen molar-refractivity contribution in [2.75, 3.05) is 4.90 Å². The van der Waals surface area contributed by atoms with E-state index in [0.717, 1.165) is 17.5 Å². The summed E-state index contributed by atoms with van der Waals surface area (Å²) in [6, 6.07) is 17.7. The Balaban J connectivity index is 1.83. The van der Waals surface area contributed by atoms with Crippen molar-refractivity contribution in [1.82, 2.24) is 14.8 Å². The maximum absolute atomic E-state index is 12.4. The third kappa shape index (κ3) is 2.81. The second kappa shape index (κ2) is 6.33. The number of anilines is 1. The lowest BCUT2D eigenvalue weighted by molar-refractivity contribution is -0.117. The molecule has 0 fully saturated rings. The Bertz CT molecular complexity index is 891. The minimum absolute atomic E-state index is 0.00410. The lowest BCUT2D eigenvalue weighted by atomic mass is 9.92. The van der Waals surface area contributed by atoms with Crippen molar-refractivity contribution < 1.29 is 4.79 Å². The lowest BCUT2D eigenvalue weighted by Gasteiger charge is -2.38. The van der Waals surface area contributed by atoms with Gasteiger partial charge in [-0.25, -0.2) is 4.68 Å². The van der Waals surface area contributed by atoms with E-state index in [1.165, 1.54) is 6.33 Å². The number of benzene rings is 2. The summed E-state index contributed by atoms with van der Waals surface area (Å²) >= 11 is 6.03. The highest BCUT2D eigenvalue weighted by Gasteiger charge is 2.37. The van der Waals surface area contributed by atoms with E-state index in [4.69, 9.17) is 11.6 Å². The highest BCUT2D eigenvalue weighted by Crippen LogP contribution is 2.41. The normalized spacial score (nSPS) is 19.5. The summed E-state index contributed by atoms with van der Waals surface area (Å²) in [5, 5.41) is 5.07. The fourth-order valence-corrected chi connectivity index (χ4v) is 3.60. The van der Waals surface area contributed by atoms with Gasteiger partial charge in [0.05, 0.1) is 12.1 Å². The first-order valence-corrected chi connectivity index (χ1v) is 8.52. The molecule has 5 nitrogen and oxygen atoms in total. The van der Waals surface area contributed by atoms with Crippen LogP contribution in [0.15, 0.2) is 60.9 Å². The first kappa shape index (κ1) is 15.8. The molecule has 1 aliphatic rings. The highest BCUT2D eigenvalue weighted by molar-refractivity contribution is 6.30. The van der Waals surface area contributed by atoms with Crippen LogP contribution in [0.3, 0.4) is 0 Å². The predicted molar refractivity (Wildman–Crippen MR) is 96.6 cm³/mol. The topological polar surface area (TPSA) is 51.0 Å². The molecule has 2 aromatic carbocycles. The summed E-state index contributed by atoms with van der Waals surface area (Å²) in [6.45, 7) is 1.57. The average Bonchev–Trinajstić information content (AvgIpc) is 3.11. The molecule has 1 aromatic heterocycles. The summed E-state index contributed by atoms with van der Waals surface area (Å²) in [6.07, 6.45) is 2.23. The van der Waals surface area contributed by atoms with Crippen LogP contribution in [-0.4, -0.2) is 20.7 Å². The molecule has 25 heavy (non-hydrogen) atoms. The van der Waals surface area contributed by atoms with Crippen LogP contribution in [-0.2, 0) is 4.79 Å². The largest absolute Gasteiger partial charge is 0.275 e. The molecule has 2 heterocycles. The van der Waals surface area contributed by atoms with Gasteiger partial charge >= 0.3 is 0 Å². The fraction of sp³-hybridized carbons (Fsp3) is 0.211. The smallest absolute Gasteiger partial charge is 0.231 e. The molecule has 4 rings (SSSR count). The van der Waals surface area contributed by atoms with Gasteiger partial charge in [-0.15, -0.1) is 0 Å². The van der Waals surface area contributed by atoms with E-state index >= 15 is 0 Å². The van der Waals surface area contributed by atoms with Crippen molar-refractivity contribution in [3.63, 3.8) is 0 Å².